The number of carbonyl (C=O) groups is 1. The zero-order chi connectivity index (χ0) is 20.4. The summed E-state index contributed by atoms with van der Waals surface area (Å²) in [6.45, 7) is 5.53. The van der Waals surface area contributed by atoms with Crippen molar-refractivity contribution in [3.63, 3.8) is 0 Å². The molecule has 1 aromatic carbocycles. The zero-order valence-electron chi connectivity index (χ0n) is 17.1. The van der Waals surface area contributed by atoms with Crippen molar-refractivity contribution in [3.8, 4) is 11.3 Å². The molecule has 29 heavy (non-hydrogen) atoms. The van der Waals surface area contributed by atoms with E-state index in [0.29, 0.717) is 6.42 Å². The number of amides is 1. The van der Waals surface area contributed by atoms with Gasteiger partial charge < -0.3 is 9.64 Å². The summed E-state index contributed by atoms with van der Waals surface area (Å²) in [6.07, 6.45) is 7.09. The fraction of sp³-hybridized carbons (Fsp3) is 0.522. The Labute approximate surface area is 177 Å². The smallest absolute Gasteiger partial charge is 0.223 e. The van der Waals surface area contributed by atoms with Crippen molar-refractivity contribution in [2.75, 3.05) is 13.1 Å². The van der Waals surface area contributed by atoms with Crippen LogP contribution < -0.4 is 0 Å². The number of aryl methyl sites for hydroxylation is 1. The molecular formula is C23H28ClN3O2. The predicted octanol–water partition coefficient (Wildman–Crippen LogP) is 4.63. The van der Waals surface area contributed by atoms with Gasteiger partial charge in [-0.05, 0) is 73.9 Å². The van der Waals surface area contributed by atoms with Crippen molar-refractivity contribution in [2.45, 2.75) is 64.1 Å². The van der Waals surface area contributed by atoms with Crippen LogP contribution in [0, 0.1) is 0 Å². The summed E-state index contributed by atoms with van der Waals surface area (Å²) in [5, 5.41) is 0.259. The molecule has 1 amide bonds. The Bertz CT molecular complexity index is 880. The lowest BCUT2D eigenvalue weighted by Crippen LogP contribution is -2.55. The van der Waals surface area contributed by atoms with E-state index in [0.717, 1.165) is 50.0 Å². The summed E-state index contributed by atoms with van der Waals surface area (Å²) in [6, 6.07) is 8.37. The SMILES string of the molecule is CC(C)OC1CN(C(=O)CC2CCCCc3cc(-c4ccnc(Cl)n4)ccc32)C1. The lowest BCUT2D eigenvalue weighted by Gasteiger charge is -2.40. The van der Waals surface area contributed by atoms with E-state index in [2.05, 4.69) is 28.2 Å². The molecular weight excluding hydrogens is 386 g/mol. The second kappa shape index (κ2) is 8.80. The van der Waals surface area contributed by atoms with Crippen LogP contribution in [-0.2, 0) is 16.0 Å². The fourth-order valence-corrected chi connectivity index (χ4v) is 4.55. The van der Waals surface area contributed by atoms with Gasteiger partial charge >= 0.3 is 0 Å². The number of hydrogen-bond acceptors (Lipinski definition) is 4. The first kappa shape index (κ1) is 20.3. The Morgan fingerprint density at radius 2 is 2.10 bits per heavy atom. The molecule has 1 atom stereocenters. The number of hydrogen-bond donors (Lipinski definition) is 0. The first-order chi connectivity index (χ1) is 14.0. The van der Waals surface area contributed by atoms with E-state index in [1.54, 1.807) is 6.20 Å². The van der Waals surface area contributed by atoms with Crippen LogP contribution in [0.15, 0.2) is 30.5 Å². The van der Waals surface area contributed by atoms with Crippen LogP contribution in [0.3, 0.4) is 0 Å². The third kappa shape index (κ3) is 4.78. The van der Waals surface area contributed by atoms with Gasteiger partial charge in [-0.3, -0.25) is 4.79 Å². The van der Waals surface area contributed by atoms with Crippen molar-refractivity contribution in [1.82, 2.24) is 14.9 Å². The standard InChI is InChI=1S/C23H28ClN3O2/c1-15(2)29-19-13-27(14-19)22(28)12-17-6-4-3-5-16-11-18(7-8-20(16)17)21-9-10-25-23(24)26-21/h7-11,15,17,19H,3-6,12-14H2,1-2H3. The van der Waals surface area contributed by atoms with Gasteiger partial charge in [0.15, 0.2) is 0 Å². The van der Waals surface area contributed by atoms with Crippen molar-refractivity contribution in [3.05, 3.63) is 46.9 Å². The van der Waals surface area contributed by atoms with E-state index in [9.17, 15) is 4.79 Å². The minimum Gasteiger partial charge on any atom is -0.372 e. The molecule has 1 unspecified atom stereocenters. The maximum atomic E-state index is 12.8. The van der Waals surface area contributed by atoms with E-state index in [4.69, 9.17) is 16.3 Å². The molecule has 4 rings (SSSR count). The molecule has 0 bridgehead atoms. The first-order valence-corrected chi connectivity index (χ1v) is 10.9. The van der Waals surface area contributed by atoms with Crippen molar-refractivity contribution in [1.29, 1.82) is 0 Å². The van der Waals surface area contributed by atoms with Gasteiger partial charge in [0.05, 0.1) is 17.9 Å². The summed E-state index contributed by atoms with van der Waals surface area (Å²) in [7, 11) is 0. The van der Waals surface area contributed by atoms with Gasteiger partial charge in [-0.1, -0.05) is 18.6 Å². The molecule has 6 heteroatoms. The van der Waals surface area contributed by atoms with Gasteiger partial charge in [0, 0.05) is 31.3 Å². The summed E-state index contributed by atoms with van der Waals surface area (Å²) in [4.78, 5) is 23.1. The maximum Gasteiger partial charge on any atom is 0.223 e. The molecule has 1 aliphatic carbocycles. The molecule has 1 saturated heterocycles. The number of likely N-dealkylation sites (tertiary alicyclic amines) is 1. The second-order valence-corrected chi connectivity index (χ2v) is 8.71. The van der Waals surface area contributed by atoms with Crippen LogP contribution in [0.2, 0.25) is 5.28 Å². The molecule has 0 saturated carbocycles. The van der Waals surface area contributed by atoms with E-state index in [1.165, 1.54) is 11.1 Å². The van der Waals surface area contributed by atoms with Crippen LogP contribution in [0.25, 0.3) is 11.3 Å². The predicted molar refractivity (Wildman–Crippen MR) is 114 cm³/mol. The lowest BCUT2D eigenvalue weighted by molar-refractivity contribution is -0.148. The third-order valence-electron chi connectivity index (χ3n) is 5.84. The topological polar surface area (TPSA) is 55.3 Å². The number of halogens is 1. The van der Waals surface area contributed by atoms with Crippen LogP contribution in [0.5, 0.6) is 0 Å². The van der Waals surface area contributed by atoms with Gasteiger partial charge in [-0.2, -0.15) is 0 Å². The number of fused-ring (bicyclic) bond motifs is 1. The monoisotopic (exact) mass is 413 g/mol. The molecule has 0 N–H and O–H groups in total. The summed E-state index contributed by atoms with van der Waals surface area (Å²) >= 11 is 5.96. The molecule has 1 aliphatic heterocycles. The zero-order valence-corrected chi connectivity index (χ0v) is 17.9. The normalized spacial score (nSPS) is 19.6. The average Bonchev–Trinajstić information content (AvgIpc) is 2.86. The van der Waals surface area contributed by atoms with Crippen LogP contribution in [0.4, 0.5) is 0 Å². The number of ether oxygens (including phenoxy) is 1. The highest BCUT2D eigenvalue weighted by Gasteiger charge is 2.33. The van der Waals surface area contributed by atoms with Gasteiger partial charge in [-0.15, -0.1) is 0 Å². The van der Waals surface area contributed by atoms with Gasteiger partial charge in [-0.25, -0.2) is 9.97 Å². The highest BCUT2D eigenvalue weighted by molar-refractivity contribution is 6.28. The van der Waals surface area contributed by atoms with Crippen molar-refractivity contribution < 1.29 is 9.53 Å². The van der Waals surface area contributed by atoms with Gasteiger partial charge in [0.2, 0.25) is 11.2 Å². The number of carbonyl (C=O) groups excluding carboxylic acids is 1. The van der Waals surface area contributed by atoms with E-state index in [1.807, 2.05) is 24.8 Å². The molecule has 1 fully saturated rings. The van der Waals surface area contributed by atoms with Crippen LogP contribution >= 0.6 is 11.6 Å². The van der Waals surface area contributed by atoms with Crippen molar-refractivity contribution >= 4 is 17.5 Å². The van der Waals surface area contributed by atoms with Gasteiger partial charge in [0.1, 0.15) is 0 Å². The number of rotatable bonds is 5. The average molecular weight is 414 g/mol. The summed E-state index contributed by atoms with van der Waals surface area (Å²) < 4.78 is 5.78. The van der Waals surface area contributed by atoms with Gasteiger partial charge in [0.25, 0.3) is 0 Å². The highest BCUT2D eigenvalue weighted by Crippen LogP contribution is 2.36. The summed E-state index contributed by atoms with van der Waals surface area (Å²) in [5.74, 6) is 0.534. The Kier molecular flexibility index (Phi) is 6.16. The second-order valence-electron chi connectivity index (χ2n) is 8.38. The molecule has 2 aliphatic rings. The first-order valence-electron chi connectivity index (χ1n) is 10.5. The summed E-state index contributed by atoms with van der Waals surface area (Å²) in [5.41, 5.74) is 4.53. The molecule has 154 valence electrons. The molecule has 0 radical (unpaired) electrons. The highest BCUT2D eigenvalue weighted by atomic mass is 35.5. The molecule has 2 heterocycles. The van der Waals surface area contributed by atoms with E-state index < -0.39 is 0 Å². The Morgan fingerprint density at radius 3 is 2.86 bits per heavy atom. The van der Waals surface area contributed by atoms with E-state index in [-0.39, 0.29) is 29.3 Å². The molecule has 0 spiro atoms. The largest absolute Gasteiger partial charge is 0.372 e. The Morgan fingerprint density at radius 1 is 1.28 bits per heavy atom. The molecule has 5 nitrogen and oxygen atoms in total. The van der Waals surface area contributed by atoms with Crippen LogP contribution in [0.1, 0.15) is 56.6 Å². The minimum absolute atomic E-state index is 0.197. The fourth-order valence-electron chi connectivity index (χ4n) is 4.40. The lowest BCUT2D eigenvalue weighted by atomic mass is 9.88. The van der Waals surface area contributed by atoms with E-state index >= 15 is 0 Å². The van der Waals surface area contributed by atoms with Crippen molar-refractivity contribution in [2.24, 2.45) is 0 Å². The number of benzene rings is 1. The van der Waals surface area contributed by atoms with Crippen LogP contribution in [-0.4, -0.2) is 46.1 Å². The number of aromatic nitrogens is 2. The Balaban J connectivity index is 1.47. The quantitative estimate of drug-likeness (QED) is 0.529. The number of nitrogens with zero attached hydrogens (tertiary/aromatic N) is 3. The molecule has 1 aromatic heterocycles. The maximum absolute atomic E-state index is 12.8. The Hall–Kier alpha value is -1.98. The minimum atomic E-state index is 0.197. The molecule has 2 aromatic rings. The third-order valence-corrected chi connectivity index (χ3v) is 6.02.